The van der Waals surface area contributed by atoms with Gasteiger partial charge in [0.15, 0.2) is 0 Å². The van der Waals surface area contributed by atoms with Gasteiger partial charge in [0.1, 0.15) is 0 Å². The number of aryl methyl sites for hydroxylation is 3. The molecular formula is C20H22F3N5O2. The Bertz CT molecular complexity index is 1060. The van der Waals surface area contributed by atoms with Gasteiger partial charge in [-0.1, -0.05) is 5.16 Å². The second-order valence-electron chi connectivity index (χ2n) is 7.67. The molecule has 10 heteroatoms. The van der Waals surface area contributed by atoms with Crippen molar-refractivity contribution in [2.24, 2.45) is 0 Å². The molecule has 4 heterocycles. The zero-order valence-electron chi connectivity index (χ0n) is 16.7. The maximum atomic E-state index is 13.6. The summed E-state index contributed by atoms with van der Waals surface area (Å²) >= 11 is 0. The number of pyridine rings is 1. The lowest BCUT2D eigenvalue weighted by Crippen LogP contribution is -2.38. The van der Waals surface area contributed by atoms with Gasteiger partial charge in [-0.2, -0.15) is 18.3 Å². The molecule has 4 rings (SSSR count). The van der Waals surface area contributed by atoms with E-state index in [2.05, 4.69) is 15.2 Å². The lowest BCUT2D eigenvalue weighted by molar-refractivity contribution is -0.136. The third kappa shape index (κ3) is 4.03. The second-order valence-corrected chi connectivity index (χ2v) is 7.67. The number of piperidine rings is 1. The number of carbonyl (C=O) groups excluding carboxylic acids is 1. The molecule has 1 saturated heterocycles. The minimum atomic E-state index is -4.52. The number of amides is 1. The Hall–Kier alpha value is -2.91. The van der Waals surface area contributed by atoms with E-state index in [1.54, 1.807) is 9.58 Å². The first-order valence-electron chi connectivity index (χ1n) is 9.84. The van der Waals surface area contributed by atoms with Crippen molar-refractivity contribution in [3.05, 3.63) is 41.0 Å². The highest BCUT2D eigenvalue weighted by atomic mass is 19.4. The standard InChI is InChI=1S/C20H22F3N5O2/c1-12-3-9-28(25-12)10-6-17(29)27-7-4-14(5-8-27)16-11-15(20(21,22)23)18-13(2)26-30-19(18)24-16/h3,9,11,14H,4-8,10H2,1-2H3. The topological polar surface area (TPSA) is 77.0 Å². The van der Waals surface area contributed by atoms with Gasteiger partial charge < -0.3 is 9.42 Å². The summed E-state index contributed by atoms with van der Waals surface area (Å²) in [6.45, 7) is 4.83. The molecule has 1 fully saturated rings. The Kier molecular flexibility index (Phi) is 5.25. The highest BCUT2D eigenvalue weighted by Crippen LogP contribution is 2.38. The van der Waals surface area contributed by atoms with E-state index in [0.29, 0.717) is 44.6 Å². The van der Waals surface area contributed by atoms with Gasteiger partial charge in [-0.05, 0) is 38.8 Å². The number of nitrogens with zero attached hydrogens (tertiary/aromatic N) is 5. The maximum Gasteiger partial charge on any atom is 0.417 e. The lowest BCUT2D eigenvalue weighted by Gasteiger charge is -2.32. The first kappa shape index (κ1) is 20.4. The van der Waals surface area contributed by atoms with E-state index < -0.39 is 11.7 Å². The van der Waals surface area contributed by atoms with Gasteiger partial charge in [0.25, 0.3) is 5.71 Å². The number of fused-ring (bicyclic) bond motifs is 1. The molecule has 3 aromatic rings. The number of halogens is 3. The summed E-state index contributed by atoms with van der Waals surface area (Å²) in [6, 6.07) is 2.99. The molecule has 0 bridgehead atoms. The summed E-state index contributed by atoms with van der Waals surface area (Å²) in [6.07, 6.45) is -1.25. The second kappa shape index (κ2) is 7.73. The first-order valence-corrected chi connectivity index (χ1v) is 9.84. The third-order valence-corrected chi connectivity index (χ3v) is 5.54. The van der Waals surface area contributed by atoms with E-state index in [0.717, 1.165) is 11.8 Å². The molecule has 1 aliphatic heterocycles. The number of hydrogen-bond acceptors (Lipinski definition) is 5. The average Bonchev–Trinajstić information content (AvgIpc) is 3.30. The molecule has 0 spiro atoms. The number of aromatic nitrogens is 4. The molecule has 1 amide bonds. The summed E-state index contributed by atoms with van der Waals surface area (Å²) in [7, 11) is 0. The van der Waals surface area contributed by atoms with E-state index in [1.165, 1.54) is 6.92 Å². The Morgan fingerprint density at radius 3 is 2.63 bits per heavy atom. The van der Waals surface area contributed by atoms with Crippen LogP contribution in [-0.4, -0.2) is 43.8 Å². The average molecular weight is 421 g/mol. The normalized spacial score (nSPS) is 15.8. The minimum Gasteiger partial charge on any atom is -0.343 e. The van der Waals surface area contributed by atoms with Crippen LogP contribution < -0.4 is 0 Å². The largest absolute Gasteiger partial charge is 0.417 e. The fourth-order valence-corrected chi connectivity index (χ4v) is 3.93. The number of likely N-dealkylation sites (tertiary alicyclic amines) is 1. The fourth-order valence-electron chi connectivity index (χ4n) is 3.93. The molecule has 0 unspecified atom stereocenters. The van der Waals surface area contributed by atoms with Crippen molar-refractivity contribution >= 4 is 17.0 Å². The molecule has 0 atom stereocenters. The highest BCUT2D eigenvalue weighted by Gasteiger charge is 2.36. The minimum absolute atomic E-state index is 0.0202. The molecule has 30 heavy (non-hydrogen) atoms. The summed E-state index contributed by atoms with van der Waals surface area (Å²) in [5.74, 6) is -0.148. The van der Waals surface area contributed by atoms with Crippen LogP contribution in [0.25, 0.3) is 11.1 Å². The Morgan fingerprint density at radius 1 is 1.27 bits per heavy atom. The summed E-state index contributed by atoms with van der Waals surface area (Å²) in [5, 5.41) is 7.82. The molecule has 3 aromatic heterocycles. The summed E-state index contributed by atoms with van der Waals surface area (Å²) < 4.78 is 47.4. The zero-order valence-corrected chi connectivity index (χ0v) is 16.7. The van der Waals surface area contributed by atoms with Gasteiger partial charge in [-0.15, -0.1) is 0 Å². The molecule has 0 N–H and O–H groups in total. The third-order valence-electron chi connectivity index (χ3n) is 5.54. The van der Waals surface area contributed by atoms with Crippen LogP contribution in [0, 0.1) is 13.8 Å². The fraction of sp³-hybridized carbons (Fsp3) is 0.500. The molecule has 0 saturated carbocycles. The van der Waals surface area contributed by atoms with Crippen LogP contribution in [0.2, 0.25) is 0 Å². The van der Waals surface area contributed by atoms with Crippen molar-refractivity contribution in [3.8, 4) is 0 Å². The van der Waals surface area contributed by atoms with Gasteiger partial charge in [0.05, 0.1) is 22.3 Å². The number of alkyl halides is 3. The van der Waals surface area contributed by atoms with E-state index in [4.69, 9.17) is 4.52 Å². The highest BCUT2D eigenvalue weighted by molar-refractivity contribution is 5.81. The molecule has 0 aromatic carbocycles. The molecule has 160 valence electrons. The van der Waals surface area contributed by atoms with Crippen LogP contribution >= 0.6 is 0 Å². The van der Waals surface area contributed by atoms with Crippen molar-refractivity contribution in [3.63, 3.8) is 0 Å². The van der Waals surface area contributed by atoms with Crippen LogP contribution in [0.1, 0.15) is 47.8 Å². The predicted molar refractivity (Wildman–Crippen MR) is 102 cm³/mol. The zero-order chi connectivity index (χ0) is 21.5. The van der Waals surface area contributed by atoms with Gasteiger partial charge in [0, 0.05) is 43.9 Å². The maximum absolute atomic E-state index is 13.6. The predicted octanol–water partition coefficient (Wildman–Crippen LogP) is 3.85. The van der Waals surface area contributed by atoms with Crippen LogP contribution in [0.3, 0.4) is 0 Å². The van der Waals surface area contributed by atoms with E-state index in [-0.39, 0.29) is 28.6 Å². The van der Waals surface area contributed by atoms with Crippen molar-refractivity contribution in [2.45, 2.75) is 51.7 Å². The Balaban J connectivity index is 1.43. The van der Waals surface area contributed by atoms with Gasteiger partial charge in [0.2, 0.25) is 5.91 Å². The number of carbonyl (C=O) groups is 1. The molecular weight excluding hydrogens is 399 g/mol. The monoisotopic (exact) mass is 421 g/mol. The van der Waals surface area contributed by atoms with Crippen molar-refractivity contribution in [1.29, 1.82) is 0 Å². The Labute approximate surface area is 170 Å². The van der Waals surface area contributed by atoms with Gasteiger partial charge >= 0.3 is 6.18 Å². The van der Waals surface area contributed by atoms with Crippen LogP contribution in [0.5, 0.6) is 0 Å². The van der Waals surface area contributed by atoms with Crippen LogP contribution in [0.4, 0.5) is 13.2 Å². The summed E-state index contributed by atoms with van der Waals surface area (Å²) in [5.41, 5.74) is 0.543. The van der Waals surface area contributed by atoms with Gasteiger partial charge in [-0.25, -0.2) is 4.98 Å². The SMILES string of the molecule is Cc1ccn(CCC(=O)N2CCC(c3cc(C(F)(F)F)c4c(C)noc4n3)CC2)n1. The van der Waals surface area contributed by atoms with Crippen LogP contribution in [-0.2, 0) is 17.5 Å². The smallest absolute Gasteiger partial charge is 0.343 e. The van der Waals surface area contributed by atoms with E-state index >= 15 is 0 Å². The number of rotatable bonds is 4. The number of hydrogen-bond donors (Lipinski definition) is 0. The molecule has 0 radical (unpaired) electrons. The quantitative estimate of drug-likeness (QED) is 0.640. The van der Waals surface area contributed by atoms with E-state index in [9.17, 15) is 18.0 Å². The van der Waals surface area contributed by atoms with Gasteiger partial charge in [-0.3, -0.25) is 9.48 Å². The summed E-state index contributed by atoms with van der Waals surface area (Å²) in [4.78, 5) is 18.5. The van der Waals surface area contributed by atoms with Crippen molar-refractivity contribution < 1.29 is 22.5 Å². The first-order chi connectivity index (χ1) is 14.2. The van der Waals surface area contributed by atoms with Crippen molar-refractivity contribution in [1.82, 2.24) is 24.8 Å². The lowest BCUT2D eigenvalue weighted by atomic mass is 9.91. The van der Waals surface area contributed by atoms with E-state index in [1.807, 2.05) is 19.2 Å². The molecule has 0 aliphatic carbocycles. The Morgan fingerprint density at radius 2 is 2.00 bits per heavy atom. The van der Waals surface area contributed by atoms with Crippen molar-refractivity contribution in [2.75, 3.05) is 13.1 Å². The molecule has 7 nitrogen and oxygen atoms in total. The molecule has 1 aliphatic rings. The van der Waals surface area contributed by atoms with Crippen LogP contribution in [0.15, 0.2) is 22.9 Å².